The predicted molar refractivity (Wildman–Crippen MR) is 70.8 cm³/mol. The Hall–Kier alpha value is -0.310. The number of thiophene rings is 1. The quantitative estimate of drug-likeness (QED) is 0.697. The molecule has 0 fully saturated rings. The van der Waals surface area contributed by atoms with Gasteiger partial charge in [0.2, 0.25) is 0 Å². The molecule has 1 heterocycles. The van der Waals surface area contributed by atoms with Crippen molar-refractivity contribution >= 4 is 38.9 Å². The molecule has 1 aromatic heterocycles. The van der Waals surface area contributed by atoms with Gasteiger partial charge in [-0.15, -0.1) is 22.9 Å². The van der Waals surface area contributed by atoms with E-state index < -0.39 is 0 Å². The van der Waals surface area contributed by atoms with E-state index in [1.807, 2.05) is 24.3 Å². The molecule has 15 heavy (non-hydrogen) atoms. The van der Waals surface area contributed by atoms with Crippen LogP contribution in [0.5, 0.6) is 0 Å². The summed E-state index contributed by atoms with van der Waals surface area (Å²) in [6.07, 6.45) is 0.884. The SMILES string of the molecule is ClC(Cc1ccccc1)c1ccc(Br)s1. The number of alkyl halides is 1. The van der Waals surface area contributed by atoms with Crippen LogP contribution in [0.25, 0.3) is 0 Å². The molecule has 0 saturated heterocycles. The van der Waals surface area contributed by atoms with E-state index in [-0.39, 0.29) is 5.38 Å². The standard InChI is InChI=1S/C12H10BrClS/c13-12-7-6-11(15-12)10(14)8-9-4-2-1-3-5-9/h1-7,10H,8H2. The van der Waals surface area contributed by atoms with Gasteiger partial charge in [-0.2, -0.15) is 0 Å². The van der Waals surface area contributed by atoms with Crippen molar-refractivity contribution < 1.29 is 0 Å². The minimum atomic E-state index is 0.0729. The summed E-state index contributed by atoms with van der Waals surface area (Å²) >= 11 is 11.5. The van der Waals surface area contributed by atoms with Crippen LogP contribution in [0.3, 0.4) is 0 Å². The average Bonchev–Trinajstić information content (AvgIpc) is 2.66. The van der Waals surface area contributed by atoms with Gasteiger partial charge in [-0.25, -0.2) is 0 Å². The van der Waals surface area contributed by atoms with Gasteiger partial charge in [0.1, 0.15) is 0 Å². The molecule has 1 atom stereocenters. The Morgan fingerprint density at radius 2 is 1.87 bits per heavy atom. The summed E-state index contributed by atoms with van der Waals surface area (Å²) in [6, 6.07) is 14.5. The number of benzene rings is 1. The highest BCUT2D eigenvalue weighted by molar-refractivity contribution is 9.11. The van der Waals surface area contributed by atoms with Crippen LogP contribution in [0.15, 0.2) is 46.3 Å². The van der Waals surface area contributed by atoms with Crippen LogP contribution >= 0.6 is 38.9 Å². The second-order valence-corrected chi connectivity index (χ2v) is 6.32. The van der Waals surface area contributed by atoms with Crippen molar-refractivity contribution in [2.75, 3.05) is 0 Å². The maximum absolute atomic E-state index is 6.34. The summed E-state index contributed by atoms with van der Waals surface area (Å²) in [4.78, 5) is 1.22. The zero-order valence-corrected chi connectivity index (χ0v) is 11.1. The van der Waals surface area contributed by atoms with E-state index in [9.17, 15) is 0 Å². The Balaban J connectivity index is 2.07. The fraction of sp³-hybridized carbons (Fsp3) is 0.167. The van der Waals surface area contributed by atoms with Crippen molar-refractivity contribution in [3.8, 4) is 0 Å². The second-order valence-electron chi connectivity index (χ2n) is 3.30. The third kappa shape index (κ3) is 3.07. The van der Waals surface area contributed by atoms with Crippen molar-refractivity contribution in [2.24, 2.45) is 0 Å². The first-order chi connectivity index (χ1) is 7.25. The van der Waals surface area contributed by atoms with E-state index in [0.29, 0.717) is 0 Å². The summed E-state index contributed by atoms with van der Waals surface area (Å²) in [5.74, 6) is 0. The Morgan fingerprint density at radius 1 is 1.13 bits per heavy atom. The van der Waals surface area contributed by atoms with Gasteiger partial charge in [0.05, 0.1) is 9.16 Å². The molecule has 2 rings (SSSR count). The van der Waals surface area contributed by atoms with Gasteiger partial charge in [0, 0.05) is 4.88 Å². The minimum Gasteiger partial charge on any atom is -0.132 e. The first-order valence-electron chi connectivity index (χ1n) is 4.69. The molecule has 78 valence electrons. The molecule has 0 spiro atoms. The average molecular weight is 302 g/mol. The molecule has 0 nitrogen and oxygen atoms in total. The molecule has 0 aliphatic carbocycles. The lowest BCUT2D eigenvalue weighted by Crippen LogP contribution is -1.92. The highest BCUT2D eigenvalue weighted by Gasteiger charge is 2.10. The Bertz CT molecular complexity index is 424. The van der Waals surface area contributed by atoms with Crippen LogP contribution in [0.2, 0.25) is 0 Å². The molecule has 0 radical (unpaired) electrons. The monoisotopic (exact) mass is 300 g/mol. The Morgan fingerprint density at radius 3 is 2.47 bits per heavy atom. The summed E-state index contributed by atoms with van der Waals surface area (Å²) in [5.41, 5.74) is 1.28. The molecule has 0 aliphatic rings. The smallest absolute Gasteiger partial charge is 0.0719 e. The van der Waals surface area contributed by atoms with E-state index in [1.54, 1.807) is 11.3 Å². The maximum atomic E-state index is 6.34. The molecular weight excluding hydrogens is 292 g/mol. The predicted octanol–water partition coefficient (Wildman–Crippen LogP) is 5.03. The number of halogens is 2. The van der Waals surface area contributed by atoms with Crippen molar-refractivity contribution in [2.45, 2.75) is 11.8 Å². The highest BCUT2D eigenvalue weighted by atomic mass is 79.9. The van der Waals surface area contributed by atoms with Gasteiger partial charge in [-0.05, 0) is 40.0 Å². The van der Waals surface area contributed by atoms with Gasteiger partial charge >= 0.3 is 0 Å². The fourth-order valence-electron chi connectivity index (χ4n) is 1.42. The third-order valence-electron chi connectivity index (χ3n) is 2.16. The lowest BCUT2D eigenvalue weighted by molar-refractivity contribution is 0.940. The van der Waals surface area contributed by atoms with Gasteiger partial charge < -0.3 is 0 Å². The van der Waals surface area contributed by atoms with Crippen molar-refractivity contribution in [1.29, 1.82) is 0 Å². The maximum Gasteiger partial charge on any atom is 0.0719 e. The van der Waals surface area contributed by atoms with Crippen molar-refractivity contribution in [1.82, 2.24) is 0 Å². The van der Waals surface area contributed by atoms with Crippen molar-refractivity contribution in [3.63, 3.8) is 0 Å². The molecule has 1 aromatic carbocycles. The lowest BCUT2D eigenvalue weighted by atomic mass is 10.1. The van der Waals surface area contributed by atoms with E-state index in [1.165, 1.54) is 10.4 Å². The van der Waals surface area contributed by atoms with Gasteiger partial charge in [0.15, 0.2) is 0 Å². The summed E-state index contributed by atoms with van der Waals surface area (Å²) < 4.78 is 1.14. The van der Waals surface area contributed by atoms with Crippen LogP contribution < -0.4 is 0 Å². The molecule has 0 aliphatic heterocycles. The van der Waals surface area contributed by atoms with Crippen molar-refractivity contribution in [3.05, 3.63) is 56.7 Å². The summed E-state index contributed by atoms with van der Waals surface area (Å²) in [7, 11) is 0. The largest absolute Gasteiger partial charge is 0.132 e. The van der Waals surface area contributed by atoms with Crippen LogP contribution in [0.1, 0.15) is 15.8 Å². The van der Waals surface area contributed by atoms with E-state index in [0.717, 1.165) is 10.2 Å². The summed E-state index contributed by atoms with van der Waals surface area (Å²) in [6.45, 7) is 0. The molecule has 3 heteroatoms. The van der Waals surface area contributed by atoms with Crippen LogP contribution in [-0.4, -0.2) is 0 Å². The molecule has 2 aromatic rings. The summed E-state index contributed by atoms with van der Waals surface area (Å²) in [5, 5.41) is 0.0729. The first kappa shape index (κ1) is 11.2. The zero-order chi connectivity index (χ0) is 10.7. The first-order valence-corrected chi connectivity index (χ1v) is 6.73. The van der Waals surface area contributed by atoms with Crippen LogP contribution in [0.4, 0.5) is 0 Å². The number of hydrogen-bond acceptors (Lipinski definition) is 1. The van der Waals surface area contributed by atoms with Crippen LogP contribution in [-0.2, 0) is 6.42 Å². The topological polar surface area (TPSA) is 0 Å². The second kappa shape index (κ2) is 5.15. The minimum absolute atomic E-state index is 0.0729. The third-order valence-corrected chi connectivity index (χ3v) is 4.42. The van der Waals surface area contributed by atoms with Gasteiger partial charge in [-0.1, -0.05) is 30.3 Å². The molecular formula is C12H10BrClS. The molecule has 0 amide bonds. The number of rotatable bonds is 3. The normalized spacial score (nSPS) is 12.7. The number of hydrogen-bond donors (Lipinski definition) is 0. The molecule has 0 bridgehead atoms. The Labute approximate surface area is 107 Å². The Kier molecular flexibility index (Phi) is 3.84. The molecule has 0 saturated carbocycles. The highest BCUT2D eigenvalue weighted by Crippen LogP contribution is 2.33. The molecule has 1 unspecified atom stereocenters. The van der Waals surface area contributed by atoms with E-state index in [4.69, 9.17) is 11.6 Å². The van der Waals surface area contributed by atoms with Crippen LogP contribution in [0, 0.1) is 0 Å². The zero-order valence-electron chi connectivity index (χ0n) is 7.99. The fourth-order valence-corrected chi connectivity index (χ4v) is 3.20. The van der Waals surface area contributed by atoms with E-state index >= 15 is 0 Å². The van der Waals surface area contributed by atoms with Gasteiger partial charge in [0.25, 0.3) is 0 Å². The van der Waals surface area contributed by atoms with E-state index in [2.05, 4.69) is 34.1 Å². The lowest BCUT2D eigenvalue weighted by Gasteiger charge is -2.06. The van der Waals surface area contributed by atoms with Gasteiger partial charge in [-0.3, -0.25) is 0 Å². The molecule has 0 N–H and O–H groups in total.